The van der Waals surface area contributed by atoms with E-state index >= 15 is 0 Å². The first kappa shape index (κ1) is 27.6. The van der Waals surface area contributed by atoms with E-state index in [2.05, 4.69) is 15.2 Å². The van der Waals surface area contributed by atoms with E-state index in [1.54, 1.807) is 11.0 Å². The fourth-order valence-electron chi connectivity index (χ4n) is 6.88. The minimum atomic E-state index is -0.583. The lowest BCUT2D eigenvalue weighted by molar-refractivity contribution is 0.000790. The molecule has 0 bridgehead atoms. The monoisotopic (exact) mass is 561 g/mol. The number of carbonyl (C=O) groups excluding carboxylic acids is 1. The number of aromatic nitrogens is 1. The van der Waals surface area contributed by atoms with Crippen molar-refractivity contribution < 1.29 is 13.6 Å². The highest BCUT2D eigenvalue weighted by Gasteiger charge is 2.46. The van der Waals surface area contributed by atoms with Crippen LogP contribution >= 0.6 is 0 Å². The molecule has 1 aliphatic carbocycles. The summed E-state index contributed by atoms with van der Waals surface area (Å²) in [7, 11) is 0. The lowest BCUT2D eigenvalue weighted by Gasteiger charge is -2.50. The van der Waals surface area contributed by atoms with E-state index in [4.69, 9.17) is 0 Å². The third kappa shape index (κ3) is 5.65. The largest absolute Gasteiger partial charge is 0.361 e. The third-order valence-electron chi connectivity index (χ3n) is 9.07. The minimum Gasteiger partial charge on any atom is -0.361 e. The van der Waals surface area contributed by atoms with E-state index < -0.39 is 17.7 Å². The predicted molar refractivity (Wildman–Crippen MR) is 154 cm³/mol. The second-order valence-corrected chi connectivity index (χ2v) is 11.6. The summed E-state index contributed by atoms with van der Waals surface area (Å²) in [5, 5.41) is 3.29. The van der Waals surface area contributed by atoms with Crippen LogP contribution < -0.4 is 10.7 Å². The first-order valence-corrected chi connectivity index (χ1v) is 14.7. The number of hydrogen-bond donors (Lipinski definition) is 2. The van der Waals surface area contributed by atoms with E-state index in [1.165, 1.54) is 6.07 Å². The molecule has 2 aromatic carbocycles. The van der Waals surface area contributed by atoms with E-state index in [-0.39, 0.29) is 22.6 Å². The Bertz CT molecular complexity index is 1440. The maximum atomic E-state index is 14.8. The molecule has 3 fully saturated rings. The molecular formula is C32H37F2N5O2. The van der Waals surface area contributed by atoms with Gasteiger partial charge in [-0.3, -0.25) is 9.69 Å². The summed E-state index contributed by atoms with van der Waals surface area (Å²) in [5.74, 6) is -1.01. The molecular weight excluding hydrogens is 524 g/mol. The van der Waals surface area contributed by atoms with Crippen molar-refractivity contribution in [2.45, 2.75) is 50.2 Å². The van der Waals surface area contributed by atoms with Crippen molar-refractivity contribution >= 4 is 6.03 Å². The summed E-state index contributed by atoms with van der Waals surface area (Å²) in [4.78, 5) is 36.5. The molecule has 2 aliphatic heterocycles. The lowest BCUT2D eigenvalue weighted by Crippen LogP contribution is -2.63. The number of benzene rings is 2. The molecule has 3 heterocycles. The van der Waals surface area contributed by atoms with E-state index in [1.807, 2.05) is 41.4 Å². The molecule has 3 aliphatic rings. The summed E-state index contributed by atoms with van der Waals surface area (Å²) < 4.78 is 29.0. The molecule has 1 spiro atoms. The summed E-state index contributed by atoms with van der Waals surface area (Å²) >= 11 is 0. The van der Waals surface area contributed by atoms with Gasteiger partial charge < -0.3 is 20.1 Å². The number of rotatable bonds is 4. The zero-order valence-electron chi connectivity index (χ0n) is 23.3. The average molecular weight is 562 g/mol. The van der Waals surface area contributed by atoms with Gasteiger partial charge >= 0.3 is 6.03 Å². The molecule has 1 saturated carbocycles. The molecule has 6 rings (SSSR count). The molecule has 41 heavy (non-hydrogen) atoms. The normalized spacial score (nSPS) is 21.3. The molecule has 3 aromatic rings. The predicted octanol–water partition coefficient (Wildman–Crippen LogP) is 4.91. The van der Waals surface area contributed by atoms with Gasteiger partial charge in [-0.15, -0.1) is 0 Å². The zero-order chi connectivity index (χ0) is 28.4. The van der Waals surface area contributed by atoms with Gasteiger partial charge in [0.25, 0.3) is 0 Å². The third-order valence-corrected chi connectivity index (χ3v) is 9.07. The number of aromatic amines is 1. The molecule has 0 unspecified atom stereocenters. The lowest BCUT2D eigenvalue weighted by atomic mass is 9.91. The van der Waals surface area contributed by atoms with Crippen molar-refractivity contribution in [3.8, 4) is 11.3 Å². The Kier molecular flexibility index (Phi) is 7.90. The zero-order valence-corrected chi connectivity index (χ0v) is 23.3. The Labute approximate surface area is 239 Å². The molecule has 0 radical (unpaired) electrons. The Morgan fingerprint density at radius 2 is 1.78 bits per heavy atom. The van der Waals surface area contributed by atoms with Crippen LogP contribution in [0.15, 0.2) is 65.6 Å². The molecule has 2 saturated heterocycles. The number of pyridine rings is 1. The number of nitrogens with zero attached hydrogens (tertiary/aromatic N) is 3. The van der Waals surface area contributed by atoms with Crippen LogP contribution in [-0.4, -0.2) is 70.5 Å². The average Bonchev–Trinajstić information content (AvgIpc) is 3.31. The SMILES string of the molecule is O=C(N1CCN(Cc2c[nH]c(-c3ccccc3)cc2=O)C2(CCCC2)C1)N1CCCNC[C@H]1c1cc(F)ccc1F. The van der Waals surface area contributed by atoms with Crippen LogP contribution in [0, 0.1) is 11.6 Å². The molecule has 1 atom stereocenters. The quantitative estimate of drug-likeness (QED) is 0.475. The first-order valence-electron chi connectivity index (χ1n) is 14.7. The van der Waals surface area contributed by atoms with Crippen molar-refractivity contribution in [3.63, 3.8) is 0 Å². The number of halogens is 2. The van der Waals surface area contributed by atoms with Gasteiger partial charge in [0, 0.05) is 73.9 Å². The second-order valence-electron chi connectivity index (χ2n) is 11.6. The van der Waals surface area contributed by atoms with Crippen LogP contribution in [0.4, 0.5) is 13.6 Å². The Hall–Kier alpha value is -3.56. The van der Waals surface area contributed by atoms with Crippen LogP contribution in [0.5, 0.6) is 0 Å². The number of amides is 2. The van der Waals surface area contributed by atoms with Gasteiger partial charge in [-0.05, 0) is 49.6 Å². The summed E-state index contributed by atoms with van der Waals surface area (Å²) in [6.07, 6.45) is 6.64. The maximum absolute atomic E-state index is 14.8. The number of hydrogen-bond acceptors (Lipinski definition) is 4. The van der Waals surface area contributed by atoms with Gasteiger partial charge in [-0.1, -0.05) is 43.2 Å². The van der Waals surface area contributed by atoms with Crippen molar-refractivity contribution in [3.05, 3.63) is 93.8 Å². The smallest absolute Gasteiger partial charge is 0.320 e. The van der Waals surface area contributed by atoms with Gasteiger partial charge in [-0.2, -0.15) is 0 Å². The number of nitrogens with one attached hydrogen (secondary N) is 2. The fraction of sp³-hybridized carbons (Fsp3) is 0.438. The van der Waals surface area contributed by atoms with Gasteiger partial charge in [0.15, 0.2) is 5.43 Å². The number of piperazine rings is 1. The molecule has 2 N–H and O–H groups in total. The summed E-state index contributed by atoms with van der Waals surface area (Å²) in [6, 6.07) is 14.2. The highest BCUT2D eigenvalue weighted by atomic mass is 19.1. The Balaban J connectivity index is 1.21. The molecule has 216 valence electrons. The maximum Gasteiger partial charge on any atom is 0.320 e. The second kappa shape index (κ2) is 11.7. The van der Waals surface area contributed by atoms with Crippen molar-refractivity contribution in [1.82, 2.24) is 25.0 Å². The van der Waals surface area contributed by atoms with Gasteiger partial charge in [0.2, 0.25) is 0 Å². The number of urea groups is 1. The van der Waals surface area contributed by atoms with Gasteiger partial charge in [0.05, 0.1) is 6.04 Å². The van der Waals surface area contributed by atoms with E-state index in [0.717, 1.165) is 61.1 Å². The van der Waals surface area contributed by atoms with Crippen LogP contribution in [0.25, 0.3) is 11.3 Å². The molecule has 7 nitrogen and oxygen atoms in total. The number of carbonyl (C=O) groups is 1. The van der Waals surface area contributed by atoms with Crippen molar-refractivity contribution in [2.24, 2.45) is 0 Å². The first-order chi connectivity index (χ1) is 19.9. The Morgan fingerprint density at radius 3 is 2.56 bits per heavy atom. The number of H-pyrrole nitrogens is 1. The van der Waals surface area contributed by atoms with Gasteiger partial charge in [0.1, 0.15) is 11.6 Å². The standard InChI is InChI=1S/C32H37F2N5O2/c33-25-9-10-27(34)26(17-25)29-20-35-13-6-14-39(29)31(41)37-15-16-38(32(22-37)11-4-5-12-32)21-24-19-36-28(18-30(24)40)23-7-2-1-3-8-23/h1-3,7-10,17-19,29,35H,4-6,11-16,20-22H2,(H,36,40)/t29-/m0/s1. The van der Waals surface area contributed by atoms with Crippen LogP contribution in [0.2, 0.25) is 0 Å². The summed E-state index contributed by atoms with van der Waals surface area (Å²) in [6.45, 7) is 3.82. The van der Waals surface area contributed by atoms with Crippen LogP contribution in [-0.2, 0) is 6.54 Å². The van der Waals surface area contributed by atoms with Crippen LogP contribution in [0.3, 0.4) is 0 Å². The van der Waals surface area contributed by atoms with E-state index in [9.17, 15) is 18.4 Å². The fourth-order valence-corrected chi connectivity index (χ4v) is 6.88. The highest BCUT2D eigenvalue weighted by Crippen LogP contribution is 2.39. The van der Waals surface area contributed by atoms with Gasteiger partial charge in [-0.25, -0.2) is 13.6 Å². The molecule has 1 aromatic heterocycles. The highest BCUT2D eigenvalue weighted by molar-refractivity contribution is 5.75. The summed E-state index contributed by atoms with van der Waals surface area (Å²) in [5.41, 5.74) is 2.49. The minimum absolute atomic E-state index is 0.00582. The van der Waals surface area contributed by atoms with Crippen molar-refractivity contribution in [1.29, 1.82) is 0 Å². The molecule has 2 amide bonds. The van der Waals surface area contributed by atoms with Crippen LogP contribution in [0.1, 0.15) is 49.3 Å². The molecule has 9 heteroatoms. The Morgan fingerprint density at radius 1 is 0.976 bits per heavy atom. The van der Waals surface area contributed by atoms with Crippen molar-refractivity contribution in [2.75, 3.05) is 39.3 Å². The van der Waals surface area contributed by atoms with E-state index in [0.29, 0.717) is 45.8 Å². The topological polar surface area (TPSA) is 71.7 Å².